The van der Waals surface area contributed by atoms with Crippen LogP contribution in [0.15, 0.2) is 145 Å². The van der Waals surface area contributed by atoms with Crippen molar-refractivity contribution in [2.24, 2.45) is 0 Å². The van der Waals surface area contributed by atoms with E-state index in [9.17, 15) is 19.2 Å². The highest BCUT2D eigenvalue weighted by Gasteiger charge is 2.23. The van der Waals surface area contributed by atoms with Gasteiger partial charge in [-0.05, 0) is 156 Å². The second kappa shape index (κ2) is 36.2. The van der Waals surface area contributed by atoms with Crippen molar-refractivity contribution in [2.45, 2.75) is 95.4 Å². The summed E-state index contributed by atoms with van der Waals surface area (Å²) in [7, 11) is 3.86. The van der Waals surface area contributed by atoms with E-state index in [1.54, 1.807) is 22.4 Å². The number of aliphatic carboxylic acids is 1. The number of nitrogens with zero attached hydrogens (tertiary/aromatic N) is 17. The Hall–Kier alpha value is -11.5. The van der Waals surface area contributed by atoms with Crippen LogP contribution in [0.25, 0.3) is 91.6 Å². The first kappa shape index (κ1) is 75.7. The molecule has 8 heterocycles. The molecule has 12 rings (SSSR count). The summed E-state index contributed by atoms with van der Waals surface area (Å²) in [5.41, 5.74) is 14.0. The number of aromatic nitrogens is 15. The van der Waals surface area contributed by atoms with E-state index in [1.807, 2.05) is 195 Å². The molecule has 0 unspecified atom stereocenters. The Kier molecular flexibility index (Phi) is 26.6. The molecule has 12 aromatic rings. The summed E-state index contributed by atoms with van der Waals surface area (Å²) >= 11 is 1.44. The lowest BCUT2D eigenvalue weighted by Crippen LogP contribution is -2.28. The van der Waals surface area contributed by atoms with Crippen molar-refractivity contribution < 1.29 is 56.6 Å². The van der Waals surface area contributed by atoms with Crippen LogP contribution in [0, 0.1) is 55.4 Å². The highest BCUT2D eigenvalue weighted by Crippen LogP contribution is 2.30. The number of esters is 3. The second-order valence-electron chi connectivity index (χ2n) is 24.2. The molecule has 0 aliphatic carbocycles. The topological polar surface area (TPSA) is 337 Å². The number of likely N-dealkylation sites (N-methyl/N-ethyl adjacent to an activating group) is 2. The maximum absolute atomic E-state index is 12.3. The van der Waals surface area contributed by atoms with Crippen LogP contribution >= 0.6 is 11.8 Å². The quantitative estimate of drug-likeness (QED) is 0.0299. The summed E-state index contributed by atoms with van der Waals surface area (Å²) in [4.78, 5) is 64.6. The number of aryl methyl sites for hydroxylation is 8. The van der Waals surface area contributed by atoms with Crippen molar-refractivity contribution in [1.29, 1.82) is 0 Å². The Balaban J connectivity index is 0.000000160. The summed E-state index contributed by atoms with van der Waals surface area (Å²) in [5, 5.41) is 42.4. The molecule has 103 heavy (non-hydrogen) atoms. The fraction of sp³-hybridized carbons (Fsp3) is 0.329. The number of carboxylic acid groups (broad SMARTS) is 1. The fourth-order valence-electron chi connectivity index (χ4n) is 10.3. The van der Waals surface area contributed by atoms with E-state index in [4.69, 9.17) is 37.4 Å². The Morgan fingerprint density at radius 1 is 0.447 bits per heavy atom. The number of carboxylic acids is 1. The number of benzene rings is 4. The van der Waals surface area contributed by atoms with Gasteiger partial charge >= 0.3 is 23.9 Å². The summed E-state index contributed by atoms with van der Waals surface area (Å²) in [6.45, 7) is 23.3. The zero-order valence-corrected chi connectivity index (χ0v) is 60.7. The smallest absolute Gasteiger partial charge is 0.328 e. The predicted molar refractivity (Wildman–Crippen MR) is 384 cm³/mol. The lowest BCUT2D eigenvalue weighted by atomic mass is 10.1. The lowest BCUT2D eigenvalue weighted by molar-refractivity contribution is -0.145. The van der Waals surface area contributed by atoms with Crippen LogP contribution in [0.5, 0.6) is 0 Å². The van der Waals surface area contributed by atoms with Crippen molar-refractivity contribution in [1.82, 2.24) is 84.5 Å². The van der Waals surface area contributed by atoms with Crippen molar-refractivity contribution in [3.8, 4) is 91.6 Å². The number of hydrogen-bond donors (Lipinski definition) is 1. The normalized spacial score (nSPS) is 11.0. The van der Waals surface area contributed by atoms with Gasteiger partial charge in [0.2, 0.25) is 17.5 Å². The van der Waals surface area contributed by atoms with E-state index in [1.165, 1.54) is 21.1 Å². The lowest BCUT2D eigenvalue weighted by Gasteiger charge is -2.17. The minimum absolute atomic E-state index is 0.00193. The molecule has 0 saturated carbocycles. The molecule has 0 radical (unpaired) electrons. The predicted octanol–water partition coefficient (Wildman–Crippen LogP) is 11.4. The first-order valence-corrected chi connectivity index (χ1v) is 34.4. The van der Waals surface area contributed by atoms with Gasteiger partial charge in [-0.15, -0.1) is 11.8 Å². The average Bonchev–Trinajstić information content (AvgIpc) is 1.69. The second-order valence-corrected chi connectivity index (χ2v) is 25.0. The van der Waals surface area contributed by atoms with E-state index in [-0.39, 0.29) is 44.1 Å². The molecule has 0 spiro atoms. The molecule has 0 atom stereocenters. The molecule has 0 aliphatic rings. The number of carbonyl (C=O) groups is 4. The average molecular weight is 1420 g/mol. The molecule has 538 valence electrons. The standard InChI is InChI=1S/C21H27N5O3.C20H24N4O3.C17H18N4O3S.C15H14N4O3/c1-5-25(6-2)10-11-28-19(27)14-26-18(13-16(4)23-26)20-22-21(29-24-20)17-9-7-8-15(3)12-17;1-14-6-5-7-16(10-14)19-12-17(22-27-19)18-11-15(2)21-24(18)13-20(25)26-9-8-23(3)4;1-11-5-4-6-13(7-11)17-18-16(20-24-17)14-8-12(2)19-21(14)9-15(22)23-10-25-3;1-9-4-3-5-11(6-9)15-16-14(18-22-15)12-7-10(2)17-19(12)8-13(20)21/h7-9,12-13H,5-6,10-11,14H2,1-4H3;5-7,10-12H,8-9,13H2,1-4H3;4-8H,9-10H2,1-3H3;3-7H,8H2,1-2H3,(H,20,21). The Morgan fingerprint density at radius 2 is 0.806 bits per heavy atom. The molecule has 0 saturated heterocycles. The minimum Gasteiger partial charge on any atom is -0.480 e. The van der Waals surface area contributed by atoms with Gasteiger partial charge in [-0.2, -0.15) is 35.3 Å². The molecular formula is C73H83N17O12S. The van der Waals surface area contributed by atoms with E-state index in [2.05, 4.69) is 74.7 Å². The van der Waals surface area contributed by atoms with Crippen molar-refractivity contribution in [2.75, 3.05) is 65.7 Å². The molecule has 4 aromatic carbocycles. The van der Waals surface area contributed by atoms with Crippen molar-refractivity contribution in [3.63, 3.8) is 0 Å². The third kappa shape index (κ3) is 21.8. The monoisotopic (exact) mass is 1420 g/mol. The van der Waals surface area contributed by atoms with E-state index in [0.717, 1.165) is 80.4 Å². The van der Waals surface area contributed by atoms with Gasteiger partial charge < -0.3 is 47.2 Å². The number of carbonyl (C=O) groups excluding carboxylic acids is 3. The highest BCUT2D eigenvalue weighted by atomic mass is 32.2. The Bertz CT molecular complexity index is 4800. The van der Waals surface area contributed by atoms with Gasteiger partial charge in [-0.25, -0.2) is 9.36 Å². The highest BCUT2D eigenvalue weighted by molar-refractivity contribution is 7.98. The third-order valence-electron chi connectivity index (χ3n) is 15.3. The van der Waals surface area contributed by atoms with Crippen LogP contribution in [0.1, 0.15) is 58.9 Å². The van der Waals surface area contributed by atoms with Crippen LogP contribution in [-0.4, -0.2) is 179 Å². The summed E-state index contributed by atoms with van der Waals surface area (Å²) in [6.07, 6.45) is 1.86. The van der Waals surface area contributed by atoms with Crippen LogP contribution in [0.3, 0.4) is 0 Å². The molecular weight excluding hydrogens is 1340 g/mol. The Morgan fingerprint density at radius 3 is 1.18 bits per heavy atom. The van der Waals surface area contributed by atoms with Crippen LogP contribution in [0.4, 0.5) is 0 Å². The number of hydrogen-bond acceptors (Lipinski definition) is 25. The molecule has 1 N–H and O–H groups in total. The van der Waals surface area contributed by atoms with Crippen molar-refractivity contribution in [3.05, 3.63) is 172 Å². The van der Waals surface area contributed by atoms with E-state index in [0.29, 0.717) is 102 Å². The molecule has 29 nitrogen and oxygen atoms in total. The number of rotatable bonds is 26. The van der Waals surface area contributed by atoms with Gasteiger partial charge in [0.15, 0.2) is 5.76 Å². The zero-order chi connectivity index (χ0) is 73.7. The maximum Gasteiger partial charge on any atom is 0.328 e. The van der Waals surface area contributed by atoms with Crippen LogP contribution in [-0.2, 0) is 59.6 Å². The molecule has 0 amide bonds. The SMILES string of the molecule is CCN(CC)CCOC(=O)Cn1nc(C)cc1-c1noc(-c2cccc(C)c2)n1.CSCOC(=O)Cn1nc(C)cc1-c1noc(-c2cccc(C)c2)n1.Cc1cccc(-c2cc(-c3cc(C)nn3CC(=O)OCCN(C)C)no2)c1.Cc1cccc(-c2nc(-c3cc(C)nn3CC(=O)O)no2)c1. The van der Waals surface area contributed by atoms with E-state index >= 15 is 0 Å². The summed E-state index contributed by atoms with van der Waals surface area (Å²) in [5.74, 6) is 1.30. The van der Waals surface area contributed by atoms with Gasteiger partial charge in [0.25, 0.3) is 17.7 Å². The number of ether oxygens (including phenoxy) is 3. The molecule has 0 fully saturated rings. The number of thioether (sulfide) groups is 1. The van der Waals surface area contributed by atoms with Gasteiger partial charge in [0, 0.05) is 41.4 Å². The maximum atomic E-state index is 12.3. The third-order valence-corrected chi connectivity index (χ3v) is 15.6. The minimum atomic E-state index is -0.980. The molecule has 30 heteroatoms. The van der Waals surface area contributed by atoms with Crippen LogP contribution in [0.2, 0.25) is 0 Å². The Labute approximate surface area is 599 Å². The van der Waals surface area contributed by atoms with Gasteiger partial charge in [-0.3, -0.25) is 28.5 Å². The van der Waals surface area contributed by atoms with Gasteiger partial charge in [0.05, 0.1) is 28.5 Å². The molecule has 0 bridgehead atoms. The van der Waals surface area contributed by atoms with Crippen LogP contribution < -0.4 is 0 Å². The summed E-state index contributed by atoms with van der Waals surface area (Å²) < 4.78 is 43.3. The van der Waals surface area contributed by atoms with Crippen molar-refractivity contribution >= 4 is 35.6 Å². The zero-order valence-electron chi connectivity index (χ0n) is 59.9. The first-order valence-electron chi connectivity index (χ1n) is 33.0. The largest absolute Gasteiger partial charge is 0.480 e. The first-order chi connectivity index (χ1) is 49.5. The van der Waals surface area contributed by atoms with Gasteiger partial charge in [0.1, 0.15) is 68.1 Å². The molecule has 8 aromatic heterocycles. The summed E-state index contributed by atoms with van der Waals surface area (Å²) in [6, 6.07) is 40.5. The van der Waals surface area contributed by atoms with E-state index < -0.39 is 5.97 Å². The van der Waals surface area contributed by atoms with Gasteiger partial charge in [-0.1, -0.05) is 111 Å². The fourth-order valence-corrected chi connectivity index (χ4v) is 10.6. The molecule has 0 aliphatic heterocycles.